The molecule has 2 atom stereocenters. The number of para-hydroxylation sites is 1. The Kier molecular flexibility index (Phi) is 10.7. The standard InChI is InChI=1S/C37H42FN3O5/c1-37(2,3)46-36(44)40-34-7-5-4-6-27(34)22-31(42)17-10-25-8-11-26(12-9-25)32-23-41(30-18-20-45-21-19-30)24-33(32)35(43)39-29-15-13-28(38)14-16-29/h4-17,30,32-33H,18-24H2,1-3H3,(H,39,43)(H,40,44)/b17-10+. The molecule has 0 saturated carbocycles. The molecular formula is C37H42FN3O5. The number of ketones is 1. The fourth-order valence-electron chi connectivity index (χ4n) is 6.05. The van der Waals surface area contributed by atoms with Crippen LogP contribution in [0.25, 0.3) is 6.08 Å². The topological polar surface area (TPSA) is 97.0 Å². The van der Waals surface area contributed by atoms with Crippen molar-refractivity contribution >= 4 is 35.2 Å². The van der Waals surface area contributed by atoms with Crippen molar-refractivity contribution in [3.05, 3.63) is 101 Å². The van der Waals surface area contributed by atoms with Gasteiger partial charge in [0.25, 0.3) is 0 Å². The quantitative estimate of drug-likeness (QED) is 0.253. The number of likely N-dealkylation sites (tertiary alicyclic amines) is 1. The van der Waals surface area contributed by atoms with E-state index in [1.807, 2.05) is 30.3 Å². The van der Waals surface area contributed by atoms with Gasteiger partial charge in [0.2, 0.25) is 5.91 Å². The number of rotatable bonds is 9. The fraction of sp³-hybridized carbons (Fsp3) is 0.378. The van der Waals surface area contributed by atoms with E-state index in [-0.39, 0.29) is 35.8 Å². The van der Waals surface area contributed by atoms with E-state index in [4.69, 9.17) is 9.47 Å². The summed E-state index contributed by atoms with van der Waals surface area (Å²) in [5.41, 5.74) is 3.09. The number of carbonyl (C=O) groups is 3. The third-order valence-electron chi connectivity index (χ3n) is 8.35. The normalized spacial score (nSPS) is 19.2. The Bertz CT molecular complexity index is 1540. The van der Waals surface area contributed by atoms with Crippen molar-refractivity contribution in [2.24, 2.45) is 5.92 Å². The molecule has 0 bridgehead atoms. The summed E-state index contributed by atoms with van der Waals surface area (Å²) >= 11 is 0. The summed E-state index contributed by atoms with van der Waals surface area (Å²) in [7, 11) is 0. The molecule has 0 radical (unpaired) electrons. The van der Waals surface area contributed by atoms with E-state index in [0.29, 0.717) is 29.5 Å². The Morgan fingerprint density at radius 2 is 1.63 bits per heavy atom. The van der Waals surface area contributed by atoms with Gasteiger partial charge in [-0.05, 0) is 86.7 Å². The highest BCUT2D eigenvalue weighted by atomic mass is 19.1. The number of amides is 2. The lowest BCUT2D eigenvalue weighted by Gasteiger charge is -2.31. The van der Waals surface area contributed by atoms with Crippen LogP contribution >= 0.6 is 0 Å². The molecule has 242 valence electrons. The summed E-state index contributed by atoms with van der Waals surface area (Å²) in [5, 5.41) is 5.73. The molecule has 2 saturated heterocycles. The SMILES string of the molecule is CC(C)(C)OC(=O)Nc1ccccc1CC(=O)/C=C/c1ccc(C2CN(C3CCOCC3)CC2C(=O)Nc2ccc(F)cc2)cc1. The van der Waals surface area contributed by atoms with Gasteiger partial charge >= 0.3 is 6.09 Å². The van der Waals surface area contributed by atoms with E-state index in [2.05, 4.69) is 15.5 Å². The van der Waals surface area contributed by atoms with Gasteiger partial charge in [0.05, 0.1) is 5.92 Å². The maximum absolute atomic E-state index is 13.5. The van der Waals surface area contributed by atoms with Gasteiger partial charge in [-0.3, -0.25) is 19.8 Å². The maximum Gasteiger partial charge on any atom is 0.412 e. The van der Waals surface area contributed by atoms with Crippen LogP contribution in [0.4, 0.5) is 20.6 Å². The van der Waals surface area contributed by atoms with E-state index in [9.17, 15) is 18.8 Å². The van der Waals surface area contributed by atoms with Gasteiger partial charge < -0.3 is 14.8 Å². The predicted molar refractivity (Wildman–Crippen MR) is 177 cm³/mol. The van der Waals surface area contributed by atoms with E-state index < -0.39 is 11.7 Å². The van der Waals surface area contributed by atoms with Gasteiger partial charge in [-0.1, -0.05) is 48.5 Å². The highest BCUT2D eigenvalue weighted by molar-refractivity contribution is 5.97. The average molecular weight is 628 g/mol. The smallest absolute Gasteiger partial charge is 0.412 e. The molecule has 2 amide bonds. The van der Waals surface area contributed by atoms with Gasteiger partial charge in [0.1, 0.15) is 11.4 Å². The molecule has 2 N–H and O–H groups in total. The first kappa shape index (κ1) is 33.0. The number of hydrogen-bond acceptors (Lipinski definition) is 6. The summed E-state index contributed by atoms with van der Waals surface area (Å²) in [6, 6.07) is 21.4. The van der Waals surface area contributed by atoms with Crippen molar-refractivity contribution in [1.82, 2.24) is 4.90 Å². The van der Waals surface area contributed by atoms with E-state index >= 15 is 0 Å². The molecule has 0 aromatic heterocycles. The summed E-state index contributed by atoms with van der Waals surface area (Å²) in [4.78, 5) is 41.1. The van der Waals surface area contributed by atoms with Crippen LogP contribution in [0.3, 0.4) is 0 Å². The molecular weight excluding hydrogens is 585 g/mol. The Morgan fingerprint density at radius 3 is 2.33 bits per heavy atom. The van der Waals surface area contributed by atoms with Crippen LogP contribution < -0.4 is 10.6 Å². The minimum Gasteiger partial charge on any atom is -0.444 e. The molecule has 3 aromatic carbocycles. The monoisotopic (exact) mass is 627 g/mol. The van der Waals surface area contributed by atoms with Crippen LogP contribution in [0.15, 0.2) is 78.9 Å². The second-order valence-corrected chi connectivity index (χ2v) is 12.9. The number of ether oxygens (including phenoxy) is 2. The molecule has 2 unspecified atom stereocenters. The zero-order chi connectivity index (χ0) is 32.7. The second-order valence-electron chi connectivity index (χ2n) is 12.9. The Morgan fingerprint density at radius 1 is 0.935 bits per heavy atom. The third kappa shape index (κ3) is 9.11. The van der Waals surface area contributed by atoms with Crippen LogP contribution in [0.2, 0.25) is 0 Å². The Hall–Kier alpha value is -4.34. The second kappa shape index (κ2) is 14.8. The molecule has 9 heteroatoms. The number of carbonyl (C=O) groups excluding carboxylic acids is 3. The molecule has 8 nitrogen and oxygen atoms in total. The Balaban J connectivity index is 1.25. The molecule has 0 spiro atoms. The Labute approximate surface area is 270 Å². The number of benzene rings is 3. The number of halogens is 1. The van der Waals surface area contributed by atoms with Crippen molar-refractivity contribution in [2.45, 2.75) is 57.6 Å². The lowest BCUT2D eigenvalue weighted by molar-refractivity contribution is -0.120. The van der Waals surface area contributed by atoms with Gasteiger partial charge in [-0.2, -0.15) is 0 Å². The van der Waals surface area contributed by atoms with E-state index in [1.165, 1.54) is 12.1 Å². The van der Waals surface area contributed by atoms with Gasteiger partial charge in [-0.15, -0.1) is 0 Å². The van der Waals surface area contributed by atoms with Crippen LogP contribution in [0.5, 0.6) is 0 Å². The van der Waals surface area contributed by atoms with Gasteiger partial charge in [0, 0.05) is 56.1 Å². The highest BCUT2D eigenvalue weighted by Gasteiger charge is 2.41. The van der Waals surface area contributed by atoms with Crippen LogP contribution in [0.1, 0.15) is 56.2 Å². The summed E-state index contributed by atoms with van der Waals surface area (Å²) in [5.74, 6) is -0.828. The predicted octanol–water partition coefficient (Wildman–Crippen LogP) is 6.83. The molecule has 5 rings (SSSR count). The van der Waals surface area contributed by atoms with Gasteiger partial charge in [0.15, 0.2) is 5.78 Å². The number of hydrogen-bond donors (Lipinski definition) is 2. The first-order valence-electron chi connectivity index (χ1n) is 15.8. The van der Waals surface area contributed by atoms with Crippen molar-refractivity contribution in [3.63, 3.8) is 0 Å². The molecule has 2 aliphatic rings. The summed E-state index contributed by atoms with van der Waals surface area (Å²) < 4.78 is 24.3. The minimum atomic E-state index is -0.633. The van der Waals surface area contributed by atoms with Crippen LogP contribution in [0, 0.1) is 11.7 Å². The first-order valence-corrected chi connectivity index (χ1v) is 15.8. The lowest BCUT2D eigenvalue weighted by atomic mass is 9.87. The van der Waals surface area contributed by atoms with Crippen molar-refractivity contribution < 1.29 is 28.2 Å². The average Bonchev–Trinajstić information content (AvgIpc) is 3.48. The minimum absolute atomic E-state index is 0.0167. The lowest BCUT2D eigenvalue weighted by Crippen LogP contribution is -2.38. The van der Waals surface area contributed by atoms with Crippen molar-refractivity contribution in [3.8, 4) is 0 Å². The maximum atomic E-state index is 13.5. The molecule has 2 heterocycles. The zero-order valence-electron chi connectivity index (χ0n) is 26.6. The molecule has 0 aliphatic carbocycles. The molecule has 2 fully saturated rings. The zero-order valence-corrected chi connectivity index (χ0v) is 26.6. The van der Waals surface area contributed by atoms with Crippen molar-refractivity contribution in [1.29, 1.82) is 0 Å². The first-order chi connectivity index (χ1) is 22.0. The van der Waals surface area contributed by atoms with E-state index in [1.54, 1.807) is 63.3 Å². The fourth-order valence-corrected chi connectivity index (χ4v) is 6.05. The molecule has 3 aromatic rings. The van der Waals surface area contributed by atoms with E-state index in [0.717, 1.165) is 43.7 Å². The summed E-state index contributed by atoms with van der Waals surface area (Å²) in [6.45, 7) is 8.23. The van der Waals surface area contributed by atoms with Gasteiger partial charge in [-0.25, -0.2) is 9.18 Å². The molecule has 46 heavy (non-hydrogen) atoms. The highest BCUT2D eigenvalue weighted by Crippen LogP contribution is 2.36. The number of nitrogens with zero attached hydrogens (tertiary/aromatic N) is 1. The largest absolute Gasteiger partial charge is 0.444 e. The van der Waals surface area contributed by atoms with Crippen LogP contribution in [-0.2, 0) is 25.5 Å². The molecule has 2 aliphatic heterocycles. The third-order valence-corrected chi connectivity index (χ3v) is 8.35. The number of nitrogens with one attached hydrogen (secondary N) is 2. The van der Waals surface area contributed by atoms with Crippen molar-refractivity contribution in [2.75, 3.05) is 36.9 Å². The summed E-state index contributed by atoms with van der Waals surface area (Å²) in [6.07, 6.45) is 4.75. The number of anilines is 2. The number of allylic oxidation sites excluding steroid dienone is 1. The van der Waals surface area contributed by atoms with Crippen LogP contribution in [-0.4, -0.2) is 60.6 Å².